The molecule has 0 saturated heterocycles. The number of carbonyl (C=O) groups excluding carboxylic acids is 3. The molecule has 7 nitrogen and oxygen atoms in total. The SMILES string of the molecule is O=C(O)CNC(=O)c1ccc(NC(=O)CCC(=O)c2ccccc2)cc1. The topological polar surface area (TPSA) is 113 Å². The first-order valence-corrected chi connectivity index (χ1v) is 7.94. The predicted molar refractivity (Wildman–Crippen MR) is 95.0 cm³/mol. The van der Waals surface area contributed by atoms with Crippen molar-refractivity contribution < 1.29 is 24.3 Å². The zero-order valence-corrected chi connectivity index (χ0v) is 13.9. The molecule has 0 radical (unpaired) electrons. The lowest BCUT2D eigenvalue weighted by Gasteiger charge is -2.07. The number of aliphatic carboxylic acids is 1. The Hall–Kier alpha value is -3.48. The van der Waals surface area contributed by atoms with Crippen molar-refractivity contribution in [1.82, 2.24) is 5.32 Å². The second kappa shape index (κ2) is 9.12. The van der Waals surface area contributed by atoms with Crippen molar-refractivity contribution in [2.24, 2.45) is 0 Å². The zero-order chi connectivity index (χ0) is 18.9. The highest BCUT2D eigenvalue weighted by Gasteiger charge is 2.10. The Kier molecular flexibility index (Phi) is 6.61. The number of hydrogen-bond donors (Lipinski definition) is 3. The number of nitrogens with one attached hydrogen (secondary N) is 2. The molecular formula is C19H18N2O5. The number of anilines is 1. The molecule has 0 unspecified atom stereocenters. The van der Waals surface area contributed by atoms with E-state index in [0.717, 1.165) is 0 Å². The summed E-state index contributed by atoms with van der Waals surface area (Å²) in [5.74, 6) is -2.06. The molecule has 134 valence electrons. The molecule has 2 rings (SSSR count). The average molecular weight is 354 g/mol. The van der Waals surface area contributed by atoms with Gasteiger partial charge in [0.25, 0.3) is 5.91 Å². The maximum absolute atomic E-state index is 12.0. The van der Waals surface area contributed by atoms with E-state index in [1.807, 2.05) is 6.07 Å². The minimum absolute atomic E-state index is 0.0502. The van der Waals surface area contributed by atoms with Crippen LogP contribution in [0.15, 0.2) is 54.6 Å². The van der Waals surface area contributed by atoms with Crippen molar-refractivity contribution in [3.63, 3.8) is 0 Å². The molecular weight excluding hydrogens is 336 g/mol. The maximum atomic E-state index is 12.0. The summed E-state index contributed by atoms with van der Waals surface area (Å²) in [7, 11) is 0. The van der Waals surface area contributed by atoms with E-state index in [2.05, 4.69) is 10.6 Å². The molecule has 0 aromatic heterocycles. The van der Waals surface area contributed by atoms with Gasteiger partial charge in [0, 0.05) is 29.7 Å². The highest BCUT2D eigenvalue weighted by atomic mass is 16.4. The van der Waals surface area contributed by atoms with Gasteiger partial charge in [-0.25, -0.2) is 0 Å². The van der Waals surface area contributed by atoms with E-state index in [-0.39, 0.29) is 30.1 Å². The van der Waals surface area contributed by atoms with Gasteiger partial charge in [-0.3, -0.25) is 19.2 Å². The molecule has 0 aliphatic heterocycles. The molecule has 3 N–H and O–H groups in total. The summed E-state index contributed by atoms with van der Waals surface area (Å²) in [4.78, 5) is 46.0. The Morgan fingerprint density at radius 1 is 0.808 bits per heavy atom. The third-order valence-corrected chi connectivity index (χ3v) is 3.51. The molecule has 2 aromatic carbocycles. The van der Waals surface area contributed by atoms with Gasteiger partial charge in [-0.1, -0.05) is 30.3 Å². The van der Waals surface area contributed by atoms with Gasteiger partial charge in [-0.05, 0) is 24.3 Å². The van der Waals surface area contributed by atoms with Crippen LogP contribution < -0.4 is 10.6 Å². The highest BCUT2D eigenvalue weighted by Crippen LogP contribution is 2.11. The lowest BCUT2D eigenvalue weighted by Crippen LogP contribution is -2.29. The lowest BCUT2D eigenvalue weighted by molar-refractivity contribution is -0.135. The standard InChI is InChI=1S/C19H18N2O5/c22-16(13-4-2-1-3-5-13)10-11-17(23)21-15-8-6-14(7-9-15)19(26)20-12-18(24)25/h1-9H,10-12H2,(H,20,26)(H,21,23)(H,24,25). The summed E-state index contributed by atoms with van der Waals surface area (Å²) in [6, 6.07) is 14.8. The monoisotopic (exact) mass is 354 g/mol. The van der Waals surface area contributed by atoms with E-state index in [4.69, 9.17) is 5.11 Å². The van der Waals surface area contributed by atoms with Gasteiger partial charge in [-0.15, -0.1) is 0 Å². The van der Waals surface area contributed by atoms with Crippen LogP contribution in [-0.2, 0) is 9.59 Å². The smallest absolute Gasteiger partial charge is 0.322 e. The first kappa shape index (κ1) is 18.9. The second-order valence-corrected chi connectivity index (χ2v) is 5.49. The quantitative estimate of drug-likeness (QED) is 0.629. The zero-order valence-electron chi connectivity index (χ0n) is 13.9. The van der Waals surface area contributed by atoms with E-state index in [1.54, 1.807) is 24.3 Å². The molecule has 0 atom stereocenters. The molecule has 2 amide bonds. The minimum atomic E-state index is -1.13. The van der Waals surface area contributed by atoms with Crippen LogP contribution in [0.1, 0.15) is 33.6 Å². The summed E-state index contributed by atoms with van der Waals surface area (Å²) < 4.78 is 0. The molecule has 0 saturated carbocycles. The van der Waals surface area contributed by atoms with Crippen LogP contribution in [0.3, 0.4) is 0 Å². The van der Waals surface area contributed by atoms with E-state index >= 15 is 0 Å². The van der Waals surface area contributed by atoms with Gasteiger partial charge in [0.15, 0.2) is 5.78 Å². The van der Waals surface area contributed by atoms with Gasteiger partial charge in [0.1, 0.15) is 6.54 Å². The Morgan fingerprint density at radius 3 is 2.08 bits per heavy atom. The van der Waals surface area contributed by atoms with Gasteiger partial charge >= 0.3 is 5.97 Å². The largest absolute Gasteiger partial charge is 0.480 e. The Labute approximate surface area is 150 Å². The van der Waals surface area contributed by atoms with Crippen molar-refractivity contribution in [3.8, 4) is 0 Å². The molecule has 0 heterocycles. The minimum Gasteiger partial charge on any atom is -0.480 e. The highest BCUT2D eigenvalue weighted by molar-refractivity contribution is 6.00. The van der Waals surface area contributed by atoms with Gasteiger partial charge in [-0.2, -0.15) is 0 Å². The predicted octanol–water partition coefficient (Wildman–Crippen LogP) is 2.10. The summed E-state index contributed by atoms with van der Waals surface area (Å²) in [6.07, 6.45) is 0.153. The third kappa shape index (κ3) is 5.86. The fourth-order valence-electron chi connectivity index (χ4n) is 2.18. The maximum Gasteiger partial charge on any atom is 0.322 e. The number of Topliss-reactive ketones (excluding diaryl/α,β-unsaturated/α-hetero) is 1. The molecule has 0 aliphatic carbocycles. The first-order chi connectivity index (χ1) is 12.5. The van der Waals surface area contributed by atoms with Crippen LogP contribution in [-0.4, -0.2) is 35.2 Å². The van der Waals surface area contributed by atoms with Crippen LogP contribution in [0.25, 0.3) is 0 Å². The second-order valence-electron chi connectivity index (χ2n) is 5.49. The van der Waals surface area contributed by atoms with Crippen LogP contribution in [0, 0.1) is 0 Å². The van der Waals surface area contributed by atoms with Crippen molar-refractivity contribution in [1.29, 1.82) is 0 Å². The summed E-state index contributed by atoms with van der Waals surface area (Å²) in [5.41, 5.74) is 1.33. The number of amides is 2. The van der Waals surface area contributed by atoms with Crippen molar-refractivity contribution in [3.05, 3.63) is 65.7 Å². The number of ketones is 1. The molecule has 0 bridgehead atoms. The summed E-state index contributed by atoms with van der Waals surface area (Å²) in [6.45, 7) is -0.466. The first-order valence-electron chi connectivity index (χ1n) is 7.94. The number of carbonyl (C=O) groups is 4. The van der Waals surface area contributed by atoms with Crippen molar-refractivity contribution in [2.45, 2.75) is 12.8 Å². The van der Waals surface area contributed by atoms with E-state index < -0.39 is 18.4 Å². The molecule has 2 aromatic rings. The fourth-order valence-corrected chi connectivity index (χ4v) is 2.18. The van der Waals surface area contributed by atoms with Crippen LogP contribution in [0.2, 0.25) is 0 Å². The Balaban J connectivity index is 1.82. The number of benzene rings is 2. The van der Waals surface area contributed by atoms with Crippen LogP contribution in [0.4, 0.5) is 5.69 Å². The molecule has 0 spiro atoms. The van der Waals surface area contributed by atoms with Crippen molar-refractivity contribution in [2.75, 3.05) is 11.9 Å². The summed E-state index contributed by atoms with van der Waals surface area (Å²) in [5, 5.41) is 13.4. The lowest BCUT2D eigenvalue weighted by atomic mass is 10.1. The van der Waals surface area contributed by atoms with Crippen LogP contribution >= 0.6 is 0 Å². The van der Waals surface area contributed by atoms with Crippen molar-refractivity contribution >= 4 is 29.3 Å². The van der Waals surface area contributed by atoms with E-state index in [9.17, 15) is 19.2 Å². The van der Waals surface area contributed by atoms with E-state index in [0.29, 0.717) is 11.3 Å². The van der Waals surface area contributed by atoms with Gasteiger partial charge in [0.05, 0.1) is 0 Å². The van der Waals surface area contributed by atoms with Gasteiger partial charge < -0.3 is 15.7 Å². The van der Waals surface area contributed by atoms with Gasteiger partial charge in [0.2, 0.25) is 5.91 Å². The number of rotatable bonds is 8. The van der Waals surface area contributed by atoms with E-state index in [1.165, 1.54) is 24.3 Å². The number of carboxylic acids is 1. The van der Waals surface area contributed by atoms with Crippen LogP contribution in [0.5, 0.6) is 0 Å². The number of carboxylic acid groups (broad SMARTS) is 1. The molecule has 7 heteroatoms. The Morgan fingerprint density at radius 2 is 1.46 bits per heavy atom. The Bertz CT molecular complexity index is 800. The molecule has 0 fully saturated rings. The summed E-state index contributed by atoms with van der Waals surface area (Å²) >= 11 is 0. The normalized spacial score (nSPS) is 10.0. The fraction of sp³-hybridized carbons (Fsp3) is 0.158. The average Bonchev–Trinajstić information content (AvgIpc) is 2.65. The molecule has 26 heavy (non-hydrogen) atoms. The number of hydrogen-bond acceptors (Lipinski definition) is 4. The third-order valence-electron chi connectivity index (χ3n) is 3.51. The molecule has 0 aliphatic rings.